The molecule has 0 amide bonds. The Morgan fingerprint density at radius 1 is 1.12 bits per heavy atom. The minimum Gasteiger partial charge on any atom is -0.487 e. The van der Waals surface area contributed by atoms with Crippen LogP contribution in [0.5, 0.6) is 5.75 Å². The lowest BCUT2D eigenvalue weighted by Gasteiger charge is -2.09. The van der Waals surface area contributed by atoms with Crippen LogP contribution in [0.3, 0.4) is 0 Å². The molecule has 0 aliphatic carbocycles. The molecule has 82 valence electrons. The maximum atomic E-state index is 5.75. The zero-order valence-electron chi connectivity index (χ0n) is 9.39. The van der Waals surface area contributed by atoms with E-state index in [1.54, 1.807) is 12.4 Å². The first-order valence-corrected chi connectivity index (χ1v) is 5.49. The summed E-state index contributed by atoms with van der Waals surface area (Å²) in [5.74, 6) is 0.883. The van der Waals surface area contributed by atoms with Gasteiger partial charge in [0.05, 0.1) is 6.20 Å². The summed E-state index contributed by atoms with van der Waals surface area (Å²) in [6, 6.07) is 12.2. The molecule has 0 aliphatic heterocycles. The van der Waals surface area contributed by atoms with Gasteiger partial charge in [-0.1, -0.05) is 37.3 Å². The molecule has 1 aromatic heterocycles. The Balaban J connectivity index is 2.05. The highest BCUT2D eigenvalue weighted by Gasteiger charge is 2.01. The minimum atomic E-state index is 0.597. The lowest BCUT2D eigenvalue weighted by molar-refractivity contribution is 0.302. The Bertz CT molecular complexity index is 439. The standard InChI is InChI=1S/C14H15NO/c1-2-13-8-9-15-10-14(13)16-11-12-6-4-3-5-7-12/h3-10H,2,11H2,1H3. The third-order valence-corrected chi connectivity index (χ3v) is 2.49. The third kappa shape index (κ3) is 2.60. The van der Waals surface area contributed by atoms with Crippen molar-refractivity contribution < 1.29 is 4.74 Å². The first-order chi connectivity index (χ1) is 7.90. The summed E-state index contributed by atoms with van der Waals surface area (Å²) in [4.78, 5) is 4.08. The minimum absolute atomic E-state index is 0.597. The van der Waals surface area contributed by atoms with Crippen molar-refractivity contribution in [1.82, 2.24) is 4.98 Å². The van der Waals surface area contributed by atoms with Crippen LogP contribution in [0.25, 0.3) is 0 Å². The number of hydrogen-bond donors (Lipinski definition) is 0. The summed E-state index contributed by atoms with van der Waals surface area (Å²) in [6.07, 6.45) is 4.54. The Morgan fingerprint density at radius 3 is 2.69 bits per heavy atom. The molecule has 0 bridgehead atoms. The second kappa shape index (κ2) is 5.31. The number of ether oxygens (including phenoxy) is 1. The van der Waals surface area contributed by atoms with Gasteiger partial charge in [-0.3, -0.25) is 4.98 Å². The van der Waals surface area contributed by atoms with Crippen molar-refractivity contribution in [2.45, 2.75) is 20.0 Å². The van der Waals surface area contributed by atoms with E-state index in [1.165, 1.54) is 11.1 Å². The van der Waals surface area contributed by atoms with Gasteiger partial charge in [0.1, 0.15) is 12.4 Å². The van der Waals surface area contributed by atoms with Crippen molar-refractivity contribution in [1.29, 1.82) is 0 Å². The van der Waals surface area contributed by atoms with Gasteiger partial charge in [0.25, 0.3) is 0 Å². The number of pyridine rings is 1. The number of aryl methyl sites for hydroxylation is 1. The van der Waals surface area contributed by atoms with Gasteiger partial charge in [-0.25, -0.2) is 0 Å². The van der Waals surface area contributed by atoms with E-state index in [4.69, 9.17) is 4.74 Å². The van der Waals surface area contributed by atoms with Crippen LogP contribution in [0, 0.1) is 0 Å². The maximum absolute atomic E-state index is 5.75. The van der Waals surface area contributed by atoms with Gasteiger partial charge >= 0.3 is 0 Å². The van der Waals surface area contributed by atoms with Gasteiger partial charge in [0.2, 0.25) is 0 Å². The van der Waals surface area contributed by atoms with Crippen LogP contribution in [-0.2, 0) is 13.0 Å². The van der Waals surface area contributed by atoms with Crippen LogP contribution in [0.2, 0.25) is 0 Å². The van der Waals surface area contributed by atoms with Crippen molar-refractivity contribution in [3.8, 4) is 5.75 Å². The molecule has 0 radical (unpaired) electrons. The van der Waals surface area contributed by atoms with Crippen molar-refractivity contribution in [2.75, 3.05) is 0 Å². The fourth-order valence-electron chi connectivity index (χ4n) is 1.57. The van der Waals surface area contributed by atoms with Crippen LogP contribution in [0.15, 0.2) is 48.8 Å². The Labute approximate surface area is 95.9 Å². The van der Waals surface area contributed by atoms with Crippen molar-refractivity contribution in [3.05, 3.63) is 59.9 Å². The zero-order valence-corrected chi connectivity index (χ0v) is 9.39. The predicted octanol–water partition coefficient (Wildman–Crippen LogP) is 3.22. The average Bonchev–Trinajstić information content (AvgIpc) is 2.38. The molecule has 0 spiro atoms. The van der Waals surface area contributed by atoms with Crippen LogP contribution in [0.1, 0.15) is 18.1 Å². The Hall–Kier alpha value is -1.83. The smallest absolute Gasteiger partial charge is 0.141 e. The summed E-state index contributed by atoms with van der Waals surface area (Å²) in [5.41, 5.74) is 2.37. The van der Waals surface area contributed by atoms with E-state index in [-0.39, 0.29) is 0 Å². The highest BCUT2D eigenvalue weighted by Crippen LogP contribution is 2.18. The second-order valence-corrected chi connectivity index (χ2v) is 3.61. The van der Waals surface area contributed by atoms with Gasteiger partial charge in [-0.05, 0) is 23.6 Å². The van der Waals surface area contributed by atoms with Gasteiger partial charge in [0, 0.05) is 6.20 Å². The van der Waals surface area contributed by atoms with E-state index in [2.05, 4.69) is 24.0 Å². The quantitative estimate of drug-likeness (QED) is 0.778. The summed E-state index contributed by atoms with van der Waals surface area (Å²) in [7, 11) is 0. The number of benzene rings is 1. The number of nitrogens with zero attached hydrogens (tertiary/aromatic N) is 1. The van der Waals surface area contributed by atoms with E-state index in [1.807, 2.05) is 24.3 Å². The molecule has 0 fully saturated rings. The van der Waals surface area contributed by atoms with Crippen molar-refractivity contribution in [3.63, 3.8) is 0 Å². The molecule has 0 N–H and O–H groups in total. The first-order valence-electron chi connectivity index (χ1n) is 5.49. The van der Waals surface area contributed by atoms with Crippen molar-refractivity contribution in [2.24, 2.45) is 0 Å². The molecule has 16 heavy (non-hydrogen) atoms. The maximum Gasteiger partial charge on any atom is 0.141 e. The molecule has 1 heterocycles. The first kappa shape index (κ1) is 10.7. The molecule has 2 rings (SSSR count). The number of aromatic nitrogens is 1. The van der Waals surface area contributed by atoms with Crippen LogP contribution in [0.4, 0.5) is 0 Å². The summed E-state index contributed by atoms with van der Waals surface area (Å²) in [6.45, 7) is 2.71. The molecule has 2 nitrogen and oxygen atoms in total. The Morgan fingerprint density at radius 2 is 1.94 bits per heavy atom. The lowest BCUT2D eigenvalue weighted by Crippen LogP contribution is -1.98. The van der Waals surface area contributed by atoms with Gasteiger partial charge < -0.3 is 4.74 Å². The van der Waals surface area contributed by atoms with Crippen LogP contribution in [-0.4, -0.2) is 4.98 Å². The topological polar surface area (TPSA) is 22.1 Å². The lowest BCUT2D eigenvalue weighted by atomic mass is 10.2. The molecule has 1 aromatic carbocycles. The molecule has 0 unspecified atom stereocenters. The molecule has 0 aliphatic rings. The molecular weight excluding hydrogens is 198 g/mol. The van der Waals surface area contributed by atoms with E-state index in [9.17, 15) is 0 Å². The molecule has 0 saturated carbocycles. The van der Waals surface area contributed by atoms with Crippen LogP contribution >= 0.6 is 0 Å². The highest BCUT2D eigenvalue weighted by atomic mass is 16.5. The van der Waals surface area contributed by atoms with Gasteiger partial charge in [-0.2, -0.15) is 0 Å². The molecular formula is C14H15NO. The fourth-order valence-corrected chi connectivity index (χ4v) is 1.57. The highest BCUT2D eigenvalue weighted by molar-refractivity contribution is 5.30. The van der Waals surface area contributed by atoms with E-state index in [0.717, 1.165) is 12.2 Å². The third-order valence-electron chi connectivity index (χ3n) is 2.49. The molecule has 0 saturated heterocycles. The van der Waals surface area contributed by atoms with Crippen molar-refractivity contribution >= 4 is 0 Å². The largest absolute Gasteiger partial charge is 0.487 e. The molecule has 2 heteroatoms. The molecule has 0 atom stereocenters. The monoisotopic (exact) mass is 213 g/mol. The predicted molar refractivity (Wildman–Crippen MR) is 64.4 cm³/mol. The van der Waals surface area contributed by atoms with E-state index < -0.39 is 0 Å². The summed E-state index contributed by atoms with van der Waals surface area (Å²) in [5, 5.41) is 0. The van der Waals surface area contributed by atoms with Gasteiger partial charge in [0.15, 0.2) is 0 Å². The SMILES string of the molecule is CCc1ccncc1OCc1ccccc1. The number of hydrogen-bond acceptors (Lipinski definition) is 2. The second-order valence-electron chi connectivity index (χ2n) is 3.61. The summed E-state index contributed by atoms with van der Waals surface area (Å²) < 4.78 is 5.75. The normalized spacial score (nSPS) is 10.1. The summed E-state index contributed by atoms with van der Waals surface area (Å²) >= 11 is 0. The zero-order chi connectivity index (χ0) is 11.2. The van der Waals surface area contributed by atoms with Gasteiger partial charge in [-0.15, -0.1) is 0 Å². The van der Waals surface area contributed by atoms with E-state index >= 15 is 0 Å². The number of rotatable bonds is 4. The average molecular weight is 213 g/mol. The fraction of sp³-hybridized carbons (Fsp3) is 0.214. The van der Waals surface area contributed by atoms with Crippen LogP contribution < -0.4 is 4.74 Å². The van der Waals surface area contributed by atoms with E-state index in [0.29, 0.717) is 6.61 Å². The molecule has 2 aromatic rings. The Kier molecular flexibility index (Phi) is 3.54.